The summed E-state index contributed by atoms with van der Waals surface area (Å²) in [5.41, 5.74) is 0.504. The van der Waals surface area contributed by atoms with Crippen molar-refractivity contribution in [3.63, 3.8) is 0 Å². The first-order valence-corrected chi connectivity index (χ1v) is 11.3. The Labute approximate surface area is 173 Å². The largest absolute Gasteiger partial charge is 0.312 e. The van der Waals surface area contributed by atoms with E-state index < -0.39 is 10.0 Å². The van der Waals surface area contributed by atoms with Crippen LogP contribution in [0.4, 0.5) is 17.6 Å². The van der Waals surface area contributed by atoms with E-state index in [-0.39, 0.29) is 16.3 Å². The summed E-state index contributed by atoms with van der Waals surface area (Å²) in [7, 11) is -3.80. The van der Waals surface area contributed by atoms with Crippen LogP contribution in [-0.4, -0.2) is 33.8 Å². The molecule has 0 aromatic carbocycles. The number of pyridine rings is 1. The molecule has 0 unspecified atom stereocenters. The lowest BCUT2D eigenvalue weighted by atomic mass is 9.78. The normalized spacial score (nSPS) is 18.2. The van der Waals surface area contributed by atoms with Gasteiger partial charge >= 0.3 is 0 Å². The maximum Gasteiger partial charge on any atom is 0.239 e. The number of anilines is 3. The van der Waals surface area contributed by atoms with Gasteiger partial charge in [0.2, 0.25) is 21.9 Å². The molecular weight excluding hydrogens is 406 g/mol. The first kappa shape index (κ1) is 18.9. The maximum atomic E-state index is 12.3. The SMILES string of the molecule is NS(=O)(=O)c1ccc(Nc2ncc3cc4n(c3n2)C2(CCCCC2)CC(=O)N4)nc1. The third-order valence-corrected chi connectivity index (χ3v) is 6.76. The molecule has 11 heteroatoms. The number of hydrogen-bond donors (Lipinski definition) is 3. The van der Waals surface area contributed by atoms with Gasteiger partial charge in [-0.2, -0.15) is 4.98 Å². The smallest absolute Gasteiger partial charge is 0.239 e. The molecule has 1 saturated carbocycles. The van der Waals surface area contributed by atoms with Crippen LogP contribution in [0.3, 0.4) is 0 Å². The second-order valence-corrected chi connectivity index (χ2v) is 9.46. The number of hydrogen-bond acceptors (Lipinski definition) is 7. The van der Waals surface area contributed by atoms with Crippen molar-refractivity contribution in [1.29, 1.82) is 0 Å². The predicted molar refractivity (Wildman–Crippen MR) is 111 cm³/mol. The molecule has 5 rings (SSSR count). The fourth-order valence-electron chi connectivity index (χ4n) is 4.53. The summed E-state index contributed by atoms with van der Waals surface area (Å²) in [6, 6.07) is 4.78. The van der Waals surface area contributed by atoms with E-state index >= 15 is 0 Å². The number of nitrogens with zero attached hydrogens (tertiary/aromatic N) is 4. The van der Waals surface area contributed by atoms with Crippen LogP contribution in [0.15, 0.2) is 35.5 Å². The molecule has 2 aliphatic rings. The number of sulfonamides is 1. The van der Waals surface area contributed by atoms with Crippen molar-refractivity contribution in [2.24, 2.45) is 5.14 Å². The minimum atomic E-state index is -3.80. The summed E-state index contributed by atoms with van der Waals surface area (Å²) in [5.74, 6) is 1.53. The summed E-state index contributed by atoms with van der Waals surface area (Å²) in [6.45, 7) is 0. The zero-order valence-corrected chi connectivity index (χ0v) is 16.9. The van der Waals surface area contributed by atoms with Gasteiger partial charge in [0.15, 0.2) is 0 Å². The fourth-order valence-corrected chi connectivity index (χ4v) is 4.99. The Morgan fingerprint density at radius 3 is 2.63 bits per heavy atom. The summed E-state index contributed by atoms with van der Waals surface area (Å²) in [6.07, 6.45) is 8.58. The summed E-state index contributed by atoms with van der Waals surface area (Å²) >= 11 is 0. The lowest BCUT2D eigenvalue weighted by molar-refractivity contribution is -0.119. The molecule has 4 N–H and O–H groups in total. The van der Waals surface area contributed by atoms with E-state index in [1.165, 1.54) is 24.8 Å². The Morgan fingerprint density at radius 1 is 1.13 bits per heavy atom. The molecule has 3 aromatic rings. The van der Waals surface area contributed by atoms with Gasteiger partial charge in [0.25, 0.3) is 0 Å². The highest BCUT2D eigenvalue weighted by molar-refractivity contribution is 7.89. The highest BCUT2D eigenvalue weighted by Gasteiger charge is 2.42. The van der Waals surface area contributed by atoms with Crippen molar-refractivity contribution in [1.82, 2.24) is 19.5 Å². The third-order valence-electron chi connectivity index (χ3n) is 5.86. The highest BCUT2D eigenvalue weighted by Crippen LogP contribution is 2.45. The number of aromatic nitrogens is 4. The topological polar surface area (TPSA) is 145 Å². The average molecular weight is 427 g/mol. The second kappa shape index (κ2) is 6.74. The van der Waals surface area contributed by atoms with Gasteiger partial charge in [-0.25, -0.2) is 23.5 Å². The Bertz CT molecular complexity index is 1250. The van der Waals surface area contributed by atoms with Gasteiger partial charge in [-0.3, -0.25) is 4.79 Å². The molecule has 0 atom stereocenters. The van der Waals surface area contributed by atoms with Crippen molar-refractivity contribution in [2.75, 3.05) is 10.6 Å². The van der Waals surface area contributed by atoms with E-state index in [9.17, 15) is 13.2 Å². The van der Waals surface area contributed by atoms with Crippen LogP contribution in [0.1, 0.15) is 38.5 Å². The van der Waals surface area contributed by atoms with E-state index in [0.29, 0.717) is 18.2 Å². The molecule has 30 heavy (non-hydrogen) atoms. The standard InChI is InChI=1S/C19H21N7O3S/c20-30(28,29)13-4-5-14(21-11-13)23-18-22-10-12-8-15-24-16(27)9-19(6-2-1-3-7-19)26(15)17(12)25-18/h4-5,8,10-11H,1-3,6-7,9H2,(H,24,27)(H2,20,28,29)(H,21,22,23,25). The van der Waals surface area contributed by atoms with Crippen LogP contribution in [0.2, 0.25) is 0 Å². The van der Waals surface area contributed by atoms with Crippen molar-refractivity contribution in [3.8, 4) is 0 Å². The number of rotatable bonds is 3. The Hall–Kier alpha value is -3.05. The second-order valence-electron chi connectivity index (χ2n) is 7.90. The van der Waals surface area contributed by atoms with Gasteiger partial charge < -0.3 is 15.2 Å². The van der Waals surface area contributed by atoms with Gasteiger partial charge in [-0.15, -0.1) is 0 Å². The molecule has 10 nitrogen and oxygen atoms in total. The number of nitrogens with two attached hydrogens (primary N) is 1. The van der Waals surface area contributed by atoms with E-state index in [4.69, 9.17) is 10.1 Å². The Kier molecular flexibility index (Phi) is 4.26. The van der Waals surface area contributed by atoms with Gasteiger partial charge in [-0.05, 0) is 31.0 Å². The third kappa shape index (κ3) is 3.19. The van der Waals surface area contributed by atoms with Crippen LogP contribution in [-0.2, 0) is 20.4 Å². The van der Waals surface area contributed by atoms with Crippen LogP contribution in [0.5, 0.6) is 0 Å². The summed E-state index contributed by atoms with van der Waals surface area (Å²) < 4.78 is 24.9. The lowest BCUT2D eigenvalue weighted by Gasteiger charge is -2.42. The number of primary sulfonamides is 1. The van der Waals surface area contributed by atoms with Crippen molar-refractivity contribution in [3.05, 3.63) is 30.6 Å². The molecule has 156 valence electrons. The number of fused-ring (bicyclic) bond motifs is 4. The number of nitrogens with one attached hydrogen (secondary N) is 2. The molecule has 1 aliphatic carbocycles. The minimum Gasteiger partial charge on any atom is -0.312 e. The zero-order valence-electron chi connectivity index (χ0n) is 16.1. The van der Waals surface area contributed by atoms with Crippen LogP contribution in [0.25, 0.3) is 11.0 Å². The zero-order chi connectivity index (χ0) is 20.9. The molecule has 1 fully saturated rings. The Balaban J connectivity index is 1.53. The first-order chi connectivity index (χ1) is 14.3. The first-order valence-electron chi connectivity index (χ1n) is 9.79. The molecule has 0 saturated heterocycles. The molecular formula is C19H21N7O3S. The predicted octanol–water partition coefficient (Wildman–Crippen LogP) is 2.22. The van der Waals surface area contributed by atoms with Crippen LogP contribution >= 0.6 is 0 Å². The van der Waals surface area contributed by atoms with Gasteiger partial charge in [-0.1, -0.05) is 19.3 Å². The Morgan fingerprint density at radius 2 is 1.93 bits per heavy atom. The average Bonchev–Trinajstić information content (AvgIpc) is 3.06. The van der Waals surface area contributed by atoms with Crippen molar-refractivity contribution < 1.29 is 13.2 Å². The summed E-state index contributed by atoms with van der Waals surface area (Å²) in [4.78, 5) is 25.4. The van der Waals surface area contributed by atoms with Crippen LogP contribution in [0, 0.1) is 0 Å². The number of amides is 1. The monoisotopic (exact) mass is 427 g/mol. The molecule has 1 amide bonds. The van der Waals surface area contributed by atoms with E-state index in [1.807, 2.05) is 6.07 Å². The quantitative estimate of drug-likeness (QED) is 0.581. The van der Waals surface area contributed by atoms with Crippen molar-refractivity contribution >= 4 is 44.5 Å². The highest BCUT2D eigenvalue weighted by atomic mass is 32.2. The maximum absolute atomic E-state index is 12.3. The molecule has 1 spiro atoms. The molecule has 3 aromatic heterocycles. The number of carbonyl (C=O) groups is 1. The molecule has 1 aliphatic heterocycles. The lowest BCUT2D eigenvalue weighted by Crippen LogP contribution is -2.44. The van der Waals surface area contributed by atoms with Gasteiger partial charge in [0, 0.05) is 17.8 Å². The van der Waals surface area contributed by atoms with Gasteiger partial charge in [0.05, 0.1) is 12.0 Å². The number of carbonyl (C=O) groups excluding carboxylic acids is 1. The van der Waals surface area contributed by atoms with E-state index in [2.05, 4.69) is 25.2 Å². The summed E-state index contributed by atoms with van der Waals surface area (Å²) in [5, 5.41) is 11.9. The van der Waals surface area contributed by atoms with Crippen LogP contribution < -0.4 is 15.8 Å². The molecule has 0 radical (unpaired) electrons. The fraction of sp³-hybridized carbons (Fsp3) is 0.368. The molecule has 0 bridgehead atoms. The van der Waals surface area contributed by atoms with Gasteiger partial charge in [0.1, 0.15) is 22.2 Å². The minimum absolute atomic E-state index is 0.0395. The molecule has 4 heterocycles. The van der Waals surface area contributed by atoms with E-state index in [0.717, 1.165) is 42.5 Å². The van der Waals surface area contributed by atoms with Crippen molar-refractivity contribution in [2.45, 2.75) is 49.0 Å². The van der Waals surface area contributed by atoms with E-state index in [1.54, 1.807) is 6.20 Å².